The predicted molar refractivity (Wildman–Crippen MR) is 75.9 cm³/mol. The van der Waals surface area contributed by atoms with E-state index < -0.39 is 0 Å². The van der Waals surface area contributed by atoms with Crippen molar-refractivity contribution in [3.8, 4) is 0 Å². The molecule has 1 fully saturated rings. The second-order valence-corrected chi connectivity index (χ2v) is 6.74. The zero-order valence-electron chi connectivity index (χ0n) is 9.50. The van der Waals surface area contributed by atoms with Crippen LogP contribution in [0.1, 0.15) is 18.9 Å². The maximum Gasteiger partial charge on any atom is 0.0299 e. The molecule has 88 valence electrons. The van der Waals surface area contributed by atoms with Gasteiger partial charge >= 0.3 is 0 Å². The van der Waals surface area contributed by atoms with Crippen molar-refractivity contribution in [2.24, 2.45) is 5.92 Å². The summed E-state index contributed by atoms with van der Waals surface area (Å²) in [6.45, 7) is 5.77. The van der Waals surface area contributed by atoms with E-state index in [0.29, 0.717) is 4.83 Å². The molecule has 1 aromatic carbocycles. The largest absolute Gasteiger partial charge is 0.298 e. The minimum Gasteiger partial charge on any atom is -0.298 e. The van der Waals surface area contributed by atoms with Gasteiger partial charge in [-0.1, -0.05) is 50.9 Å². The maximum atomic E-state index is 3.77. The molecule has 1 aliphatic heterocycles. The van der Waals surface area contributed by atoms with Gasteiger partial charge in [-0.05, 0) is 36.6 Å². The zero-order valence-corrected chi connectivity index (χ0v) is 12.7. The third-order valence-corrected chi connectivity index (χ3v) is 4.93. The molecule has 0 aliphatic carbocycles. The molecule has 1 saturated heterocycles. The number of piperidine rings is 1. The topological polar surface area (TPSA) is 3.24 Å². The molecule has 2 rings (SSSR count). The fourth-order valence-electron chi connectivity index (χ4n) is 2.12. The van der Waals surface area contributed by atoms with Gasteiger partial charge in [-0.3, -0.25) is 4.90 Å². The molecule has 1 aliphatic rings. The van der Waals surface area contributed by atoms with Gasteiger partial charge in [0.2, 0.25) is 0 Å². The van der Waals surface area contributed by atoms with Crippen LogP contribution < -0.4 is 0 Å². The van der Waals surface area contributed by atoms with Crippen LogP contribution in [0.2, 0.25) is 0 Å². The van der Waals surface area contributed by atoms with Gasteiger partial charge in [-0.25, -0.2) is 0 Å². The summed E-state index contributed by atoms with van der Waals surface area (Å²) in [5, 5.41) is 0. The van der Waals surface area contributed by atoms with E-state index in [9.17, 15) is 0 Å². The summed E-state index contributed by atoms with van der Waals surface area (Å²) in [5.41, 5.74) is 1.39. The van der Waals surface area contributed by atoms with E-state index in [2.05, 4.69) is 67.9 Å². The summed E-state index contributed by atoms with van der Waals surface area (Å²) in [6, 6.07) is 8.60. The Morgan fingerprint density at radius 2 is 2.25 bits per heavy atom. The fourth-order valence-corrected chi connectivity index (χ4v) is 3.24. The molecular formula is C13H17Br2N. The van der Waals surface area contributed by atoms with E-state index in [0.717, 1.165) is 19.0 Å². The van der Waals surface area contributed by atoms with E-state index >= 15 is 0 Å². The van der Waals surface area contributed by atoms with E-state index in [1.54, 1.807) is 0 Å². The van der Waals surface area contributed by atoms with Gasteiger partial charge in [0.05, 0.1) is 0 Å². The van der Waals surface area contributed by atoms with Crippen LogP contribution in [0, 0.1) is 5.92 Å². The van der Waals surface area contributed by atoms with Crippen LogP contribution in [0.15, 0.2) is 28.7 Å². The van der Waals surface area contributed by atoms with Crippen LogP contribution in [-0.2, 0) is 6.54 Å². The normalized spacial score (nSPS) is 26.9. The molecule has 0 saturated carbocycles. The number of hydrogen-bond acceptors (Lipinski definition) is 1. The average molecular weight is 347 g/mol. The highest BCUT2D eigenvalue weighted by Gasteiger charge is 2.23. The number of alkyl halides is 1. The molecule has 2 unspecified atom stereocenters. The lowest BCUT2D eigenvalue weighted by Gasteiger charge is -2.34. The third-order valence-electron chi connectivity index (χ3n) is 3.25. The van der Waals surface area contributed by atoms with Crippen molar-refractivity contribution < 1.29 is 0 Å². The Hall–Kier alpha value is 0.140. The van der Waals surface area contributed by atoms with Crippen LogP contribution in [0.3, 0.4) is 0 Å². The molecule has 1 nitrogen and oxygen atoms in total. The van der Waals surface area contributed by atoms with Crippen LogP contribution >= 0.6 is 31.9 Å². The molecule has 3 heteroatoms. The fraction of sp³-hybridized carbons (Fsp3) is 0.538. The molecule has 16 heavy (non-hydrogen) atoms. The molecule has 0 bridgehead atoms. The summed E-state index contributed by atoms with van der Waals surface area (Å²) in [4.78, 5) is 3.18. The van der Waals surface area contributed by atoms with Crippen LogP contribution in [0.4, 0.5) is 0 Å². The van der Waals surface area contributed by atoms with Gasteiger partial charge in [0.1, 0.15) is 0 Å². The standard InChI is InChI=1S/C13H17Br2N/c1-10-5-6-16(9-13(10)15)8-11-3-2-4-12(14)7-11/h2-4,7,10,13H,5-6,8-9H2,1H3. The molecule has 1 aromatic rings. The Kier molecular flexibility index (Phi) is 4.45. The highest BCUT2D eigenvalue weighted by molar-refractivity contribution is 9.10. The first kappa shape index (κ1) is 12.6. The summed E-state index contributed by atoms with van der Waals surface area (Å²) < 4.78 is 1.17. The second-order valence-electron chi connectivity index (χ2n) is 4.65. The molecular weight excluding hydrogens is 330 g/mol. The Labute approximate surface area is 114 Å². The van der Waals surface area contributed by atoms with Crippen molar-refractivity contribution >= 4 is 31.9 Å². The number of rotatable bonds is 2. The SMILES string of the molecule is CC1CCN(Cc2cccc(Br)c2)CC1Br. The summed E-state index contributed by atoms with van der Waals surface area (Å²) in [5.74, 6) is 0.804. The Morgan fingerprint density at radius 3 is 2.94 bits per heavy atom. The predicted octanol–water partition coefficient (Wildman–Crippen LogP) is 4.05. The highest BCUT2D eigenvalue weighted by atomic mass is 79.9. The van der Waals surface area contributed by atoms with Crippen LogP contribution in [-0.4, -0.2) is 22.8 Å². The van der Waals surface area contributed by atoms with Crippen molar-refractivity contribution in [3.05, 3.63) is 34.3 Å². The first-order valence-electron chi connectivity index (χ1n) is 5.76. The van der Waals surface area contributed by atoms with Gasteiger partial charge in [0.25, 0.3) is 0 Å². The average Bonchev–Trinajstić information content (AvgIpc) is 2.24. The van der Waals surface area contributed by atoms with Crippen molar-refractivity contribution in [1.82, 2.24) is 4.90 Å². The van der Waals surface area contributed by atoms with Crippen LogP contribution in [0.5, 0.6) is 0 Å². The Morgan fingerprint density at radius 1 is 1.44 bits per heavy atom. The quantitative estimate of drug-likeness (QED) is 0.730. The number of halogens is 2. The van der Waals surface area contributed by atoms with E-state index in [4.69, 9.17) is 0 Å². The zero-order chi connectivity index (χ0) is 11.5. The Bertz CT molecular complexity index is 354. The molecule has 0 amide bonds. The van der Waals surface area contributed by atoms with Gasteiger partial charge < -0.3 is 0 Å². The van der Waals surface area contributed by atoms with Gasteiger partial charge in [-0.15, -0.1) is 0 Å². The lowest BCUT2D eigenvalue weighted by atomic mass is 9.98. The molecule has 0 spiro atoms. The monoisotopic (exact) mass is 345 g/mol. The minimum atomic E-state index is 0.647. The molecule has 1 heterocycles. The molecule has 0 radical (unpaired) electrons. The van der Waals surface area contributed by atoms with Crippen molar-refractivity contribution in [1.29, 1.82) is 0 Å². The van der Waals surface area contributed by atoms with Crippen molar-refractivity contribution in [3.63, 3.8) is 0 Å². The van der Waals surface area contributed by atoms with Gasteiger partial charge in [0.15, 0.2) is 0 Å². The Balaban J connectivity index is 1.95. The number of benzene rings is 1. The van der Waals surface area contributed by atoms with Gasteiger partial charge in [-0.2, -0.15) is 0 Å². The second kappa shape index (κ2) is 5.65. The first-order chi connectivity index (χ1) is 7.65. The number of hydrogen-bond donors (Lipinski definition) is 0. The van der Waals surface area contributed by atoms with Gasteiger partial charge in [0, 0.05) is 22.4 Å². The number of likely N-dealkylation sites (tertiary alicyclic amines) is 1. The summed E-state index contributed by atoms with van der Waals surface area (Å²) >= 11 is 7.29. The lowest BCUT2D eigenvalue weighted by molar-refractivity contribution is 0.194. The van der Waals surface area contributed by atoms with E-state index in [1.807, 2.05) is 0 Å². The number of nitrogens with zero attached hydrogens (tertiary/aromatic N) is 1. The van der Waals surface area contributed by atoms with Crippen molar-refractivity contribution in [2.45, 2.75) is 24.7 Å². The molecule has 0 aromatic heterocycles. The highest BCUT2D eigenvalue weighted by Crippen LogP contribution is 2.24. The summed E-state index contributed by atoms with van der Waals surface area (Å²) in [7, 11) is 0. The molecule has 0 N–H and O–H groups in total. The summed E-state index contributed by atoms with van der Waals surface area (Å²) in [6.07, 6.45) is 1.30. The van der Waals surface area contributed by atoms with E-state index in [1.165, 1.54) is 23.0 Å². The minimum absolute atomic E-state index is 0.647. The van der Waals surface area contributed by atoms with Crippen molar-refractivity contribution in [2.75, 3.05) is 13.1 Å². The maximum absolute atomic E-state index is 3.77. The lowest BCUT2D eigenvalue weighted by Crippen LogP contribution is -2.39. The smallest absolute Gasteiger partial charge is 0.0299 e. The van der Waals surface area contributed by atoms with Crippen LogP contribution in [0.25, 0.3) is 0 Å². The third kappa shape index (κ3) is 3.31. The molecule has 2 atom stereocenters. The first-order valence-corrected chi connectivity index (χ1v) is 7.47. The van der Waals surface area contributed by atoms with E-state index in [-0.39, 0.29) is 0 Å².